The quantitative estimate of drug-likeness (QED) is 0.834. The predicted molar refractivity (Wildman–Crippen MR) is 67.3 cm³/mol. The molecule has 1 aromatic carbocycles. The van der Waals surface area contributed by atoms with E-state index < -0.39 is 33.4 Å². The average molecular weight is 292 g/mol. The Balaban J connectivity index is 2.63. The van der Waals surface area contributed by atoms with Crippen LogP contribution in [0.4, 0.5) is 14.5 Å². The Morgan fingerprint density at radius 1 is 1.32 bits per heavy atom. The molecule has 0 aliphatic heterocycles. The Hall–Kier alpha value is -1.54. The molecule has 1 aromatic rings. The van der Waals surface area contributed by atoms with Crippen molar-refractivity contribution in [2.45, 2.75) is 12.5 Å². The van der Waals surface area contributed by atoms with Crippen molar-refractivity contribution in [1.29, 1.82) is 0 Å². The van der Waals surface area contributed by atoms with Gasteiger partial charge in [0.15, 0.2) is 0 Å². The summed E-state index contributed by atoms with van der Waals surface area (Å²) < 4.78 is 47.6. The first kappa shape index (κ1) is 15.5. The maximum absolute atomic E-state index is 12.9. The van der Waals surface area contributed by atoms with E-state index in [9.17, 15) is 22.0 Å². The zero-order valence-electron chi connectivity index (χ0n) is 10.2. The Morgan fingerprint density at radius 2 is 1.84 bits per heavy atom. The van der Waals surface area contributed by atoms with E-state index >= 15 is 0 Å². The molecule has 0 spiro atoms. The van der Waals surface area contributed by atoms with Crippen LogP contribution < -0.4 is 11.1 Å². The van der Waals surface area contributed by atoms with E-state index in [0.717, 1.165) is 18.4 Å². The third-order valence-corrected chi connectivity index (χ3v) is 3.24. The van der Waals surface area contributed by atoms with E-state index in [1.54, 1.807) is 0 Å². The monoisotopic (exact) mass is 292 g/mol. The molecule has 0 fully saturated rings. The predicted octanol–water partition coefficient (Wildman–Crippen LogP) is 0.665. The first-order chi connectivity index (χ1) is 8.67. The number of nitrogens with one attached hydrogen (secondary N) is 1. The van der Waals surface area contributed by atoms with Gasteiger partial charge in [-0.15, -0.1) is 0 Å². The molecule has 1 unspecified atom stereocenters. The van der Waals surface area contributed by atoms with Gasteiger partial charge in [0.05, 0.1) is 11.8 Å². The third-order valence-electron chi connectivity index (χ3n) is 2.27. The highest BCUT2D eigenvalue weighted by Crippen LogP contribution is 2.13. The Kier molecular flexibility index (Phi) is 4.96. The van der Waals surface area contributed by atoms with E-state index in [2.05, 4.69) is 5.32 Å². The van der Waals surface area contributed by atoms with E-state index in [0.29, 0.717) is 6.07 Å². The molecule has 0 saturated carbocycles. The van der Waals surface area contributed by atoms with Gasteiger partial charge < -0.3 is 11.1 Å². The summed E-state index contributed by atoms with van der Waals surface area (Å²) in [5.74, 6) is -2.60. The maximum atomic E-state index is 12.9. The van der Waals surface area contributed by atoms with Crippen molar-refractivity contribution in [3.8, 4) is 0 Å². The van der Waals surface area contributed by atoms with Gasteiger partial charge in [-0.05, 0) is 18.6 Å². The minimum Gasteiger partial charge on any atom is -0.325 e. The van der Waals surface area contributed by atoms with Crippen LogP contribution in [0, 0.1) is 11.6 Å². The summed E-state index contributed by atoms with van der Waals surface area (Å²) in [5, 5.41) is 2.22. The summed E-state index contributed by atoms with van der Waals surface area (Å²) in [6, 6.07) is 1.47. The SMILES string of the molecule is CS(=O)(=O)CCC(N)C(=O)Nc1cc(F)cc(F)c1. The molecule has 1 amide bonds. The highest BCUT2D eigenvalue weighted by atomic mass is 32.2. The molecule has 0 radical (unpaired) electrons. The number of hydrogen-bond acceptors (Lipinski definition) is 4. The van der Waals surface area contributed by atoms with Gasteiger partial charge in [-0.1, -0.05) is 0 Å². The topological polar surface area (TPSA) is 89.3 Å². The summed E-state index contributed by atoms with van der Waals surface area (Å²) in [4.78, 5) is 11.6. The van der Waals surface area contributed by atoms with Gasteiger partial charge in [0, 0.05) is 18.0 Å². The fraction of sp³-hybridized carbons (Fsp3) is 0.364. The summed E-state index contributed by atoms with van der Waals surface area (Å²) >= 11 is 0. The molecule has 0 bridgehead atoms. The van der Waals surface area contributed by atoms with Gasteiger partial charge in [0.2, 0.25) is 5.91 Å². The average Bonchev–Trinajstić information content (AvgIpc) is 2.23. The summed E-state index contributed by atoms with van der Waals surface area (Å²) in [7, 11) is -3.22. The number of carbonyl (C=O) groups is 1. The highest BCUT2D eigenvalue weighted by Gasteiger charge is 2.16. The fourth-order valence-electron chi connectivity index (χ4n) is 1.33. The molecule has 106 valence electrons. The molecule has 0 saturated heterocycles. The number of nitrogens with two attached hydrogens (primary N) is 1. The second kappa shape index (κ2) is 6.07. The van der Waals surface area contributed by atoms with Crippen molar-refractivity contribution in [2.24, 2.45) is 5.73 Å². The van der Waals surface area contributed by atoms with Crippen LogP contribution in [0.25, 0.3) is 0 Å². The van der Waals surface area contributed by atoms with Crippen molar-refractivity contribution >= 4 is 21.4 Å². The number of amides is 1. The first-order valence-electron chi connectivity index (χ1n) is 5.37. The number of hydrogen-bond donors (Lipinski definition) is 2. The van der Waals surface area contributed by atoms with Gasteiger partial charge in [-0.25, -0.2) is 17.2 Å². The number of rotatable bonds is 5. The van der Waals surface area contributed by atoms with Crippen molar-refractivity contribution < 1.29 is 22.0 Å². The molecule has 3 N–H and O–H groups in total. The van der Waals surface area contributed by atoms with Crippen LogP contribution >= 0.6 is 0 Å². The molecule has 1 atom stereocenters. The van der Waals surface area contributed by atoms with Gasteiger partial charge in [-0.2, -0.15) is 0 Å². The number of anilines is 1. The standard InChI is InChI=1S/C11H14F2N2O3S/c1-19(17,18)3-2-10(14)11(16)15-9-5-7(12)4-8(13)6-9/h4-6,10H,2-3,14H2,1H3,(H,15,16). The van der Waals surface area contributed by atoms with E-state index in [1.807, 2.05) is 0 Å². The molecule has 0 aliphatic carbocycles. The zero-order chi connectivity index (χ0) is 14.6. The molecule has 8 heteroatoms. The highest BCUT2D eigenvalue weighted by molar-refractivity contribution is 7.90. The van der Waals surface area contributed by atoms with Crippen molar-refractivity contribution in [3.63, 3.8) is 0 Å². The third kappa shape index (κ3) is 5.75. The lowest BCUT2D eigenvalue weighted by molar-refractivity contribution is -0.117. The number of carbonyl (C=O) groups excluding carboxylic acids is 1. The second-order valence-electron chi connectivity index (χ2n) is 4.17. The lowest BCUT2D eigenvalue weighted by Crippen LogP contribution is -2.37. The molecule has 0 aliphatic rings. The van der Waals surface area contributed by atoms with E-state index in [1.165, 1.54) is 0 Å². The van der Waals surface area contributed by atoms with Gasteiger partial charge in [0.1, 0.15) is 21.5 Å². The van der Waals surface area contributed by atoms with Crippen molar-refractivity contribution in [3.05, 3.63) is 29.8 Å². The van der Waals surface area contributed by atoms with Gasteiger partial charge >= 0.3 is 0 Å². The molecule has 0 heterocycles. The molecule has 1 rings (SSSR count). The van der Waals surface area contributed by atoms with E-state index in [-0.39, 0.29) is 17.9 Å². The summed E-state index contributed by atoms with van der Waals surface area (Å²) in [6.45, 7) is 0. The Morgan fingerprint density at radius 3 is 2.32 bits per heavy atom. The molecule has 0 aromatic heterocycles. The van der Waals surface area contributed by atoms with Crippen molar-refractivity contribution in [2.75, 3.05) is 17.3 Å². The zero-order valence-corrected chi connectivity index (χ0v) is 11.0. The number of halogens is 2. The lowest BCUT2D eigenvalue weighted by atomic mass is 10.2. The van der Waals surface area contributed by atoms with Crippen LogP contribution in [0.1, 0.15) is 6.42 Å². The molecule has 19 heavy (non-hydrogen) atoms. The molecule has 5 nitrogen and oxygen atoms in total. The second-order valence-corrected chi connectivity index (χ2v) is 6.43. The van der Waals surface area contributed by atoms with Crippen LogP contribution in [0.3, 0.4) is 0 Å². The first-order valence-corrected chi connectivity index (χ1v) is 7.44. The summed E-state index contributed by atoms with van der Waals surface area (Å²) in [6.07, 6.45) is 0.960. The van der Waals surface area contributed by atoms with Crippen LogP contribution in [0.15, 0.2) is 18.2 Å². The number of benzene rings is 1. The fourth-order valence-corrected chi connectivity index (χ4v) is 2.02. The maximum Gasteiger partial charge on any atom is 0.241 e. The largest absolute Gasteiger partial charge is 0.325 e. The Bertz CT molecular complexity index is 555. The van der Waals surface area contributed by atoms with Crippen LogP contribution in [-0.4, -0.2) is 32.4 Å². The van der Waals surface area contributed by atoms with E-state index in [4.69, 9.17) is 5.73 Å². The molecular weight excluding hydrogens is 278 g/mol. The summed E-state index contributed by atoms with van der Waals surface area (Å²) in [5.41, 5.74) is 5.41. The number of sulfone groups is 1. The minimum absolute atomic E-state index is 0.0670. The van der Waals surface area contributed by atoms with Crippen molar-refractivity contribution in [1.82, 2.24) is 0 Å². The van der Waals surface area contributed by atoms with Crippen LogP contribution in [0.5, 0.6) is 0 Å². The van der Waals surface area contributed by atoms with Gasteiger partial charge in [-0.3, -0.25) is 4.79 Å². The smallest absolute Gasteiger partial charge is 0.241 e. The van der Waals surface area contributed by atoms with Gasteiger partial charge in [0.25, 0.3) is 0 Å². The molecular formula is C11H14F2N2O3S. The van der Waals surface area contributed by atoms with Crippen LogP contribution in [-0.2, 0) is 14.6 Å². The lowest BCUT2D eigenvalue weighted by Gasteiger charge is -2.11. The minimum atomic E-state index is -3.22. The Labute approximate surface area is 109 Å². The normalized spacial score (nSPS) is 13.1. The van der Waals surface area contributed by atoms with Crippen LogP contribution in [0.2, 0.25) is 0 Å².